The Morgan fingerprint density at radius 2 is 1.69 bits per heavy atom. The molecule has 2 N–H and O–H groups in total. The second-order valence-electron chi connectivity index (χ2n) is 9.29. The van der Waals surface area contributed by atoms with Gasteiger partial charge < -0.3 is 15.5 Å². The number of nitrogens with one attached hydrogen (secondary N) is 2. The Morgan fingerprint density at radius 3 is 2.23 bits per heavy atom. The van der Waals surface area contributed by atoms with Gasteiger partial charge in [0.1, 0.15) is 6.04 Å². The maximum Gasteiger partial charge on any atom is 0.242 e. The summed E-state index contributed by atoms with van der Waals surface area (Å²) >= 11 is 0. The highest BCUT2D eigenvalue weighted by Gasteiger charge is 2.56. The number of hydrogen-bond acceptors (Lipinski definition) is 3. The van der Waals surface area contributed by atoms with E-state index in [1.54, 1.807) is 0 Å². The maximum atomic E-state index is 13.5. The lowest BCUT2D eigenvalue weighted by atomic mass is 9.49. The number of rotatable bonds is 5. The summed E-state index contributed by atoms with van der Waals surface area (Å²) in [4.78, 5) is 28.2. The zero-order valence-corrected chi connectivity index (χ0v) is 16.9. The van der Waals surface area contributed by atoms with Crippen LogP contribution in [-0.2, 0) is 9.59 Å². The van der Waals surface area contributed by atoms with E-state index in [-0.39, 0.29) is 35.8 Å². The molecule has 1 heterocycles. The molecule has 26 heavy (non-hydrogen) atoms. The molecule has 4 bridgehead atoms. The van der Waals surface area contributed by atoms with Crippen LogP contribution in [0.15, 0.2) is 0 Å². The second kappa shape index (κ2) is 7.67. The Labute approximate surface area is 163 Å². The number of halogens is 1. The fourth-order valence-corrected chi connectivity index (χ4v) is 6.43. The van der Waals surface area contributed by atoms with Gasteiger partial charge in [0.2, 0.25) is 11.8 Å². The van der Waals surface area contributed by atoms with E-state index in [4.69, 9.17) is 0 Å². The SMILES string of the molecule is CNC(C)CNC(=O)C1CCCN1C(=O)C12CC3CC(CC(C3)C1)C2.Cl. The molecule has 5 fully saturated rings. The molecule has 0 aromatic rings. The lowest BCUT2D eigenvalue weighted by molar-refractivity contribution is -0.160. The summed E-state index contributed by atoms with van der Waals surface area (Å²) in [6.07, 6.45) is 9.06. The first kappa shape index (κ1) is 19.9. The van der Waals surface area contributed by atoms with Crippen molar-refractivity contribution in [2.45, 2.75) is 70.4 Å². The normalized spacial score (nSPS) is 38.8. The van der Waals surface area contributed by atoms with E-state index in [1.807, 2.05) is 18.9 Å². The lowest BCUT2D eigenvalue weighted by Gasteiger charge is -2.56. The van der Waals surface area contributed by atoms with Crippen LogP contribution in [0.1, 0.15) is 58.3 Å². The highest BCUT2D eigenvalue weighted by Crippen LogP contribution is 2.60. The van der Waals surface area contributed by atoms with Gasteiger partial charge >= 0.3 is 0 Å². The van der Waals surface area contributed by atoms with Crippen LogP contribution in [-0.4, -0.2) is 48.9 Å². The summed E-state index contributed by atoms with van der Waals surface area (Å²) in [5.74, 6) is 2.65. The van der Waals surface area contributed by atoms with Crippen molar-refractivity contribution in [3.63, 3.8) is 0 Å². The summed E-state index contributed by atoms with van der Waals surface area (Å²) in [6, 6.07) is 0.00205. The predicted octanol–water partition coefficient (Wildman–Crippen LogP) is 2.34. The lowest BCUT2D eigenvalue weighted by Crippen LogP contribution is -2.57. The Hall–Kier alpha value is -0.810. The van der Waals surface area contributed by atoms with Gasteiger partial charge in [-0.3, -0.25) is 9.59 Å². The Balaban J connectivity index is 0.00000196. The van der Waals surface area contributed by atoms with Gasteiger partial charge in [-0.2, -0.15) is 0 Å². The molecule has 5 rings (SSSR count). The largest absolute Gasteiger partial charge is 0.353 e. The molecule has 0 radical (unpaired) electrons. The first-order valence-corrected chi connectivity index (χ1v) is 10.3. The molecular weight excluding hydrogens is 350 g/mol. The minimum atomic E-state index is -0.246. The summed E-state index contributed by atoms with van der Waals surface area (Å²) in [5, 5.41) is 6.18. The molecule has 5 nitrogen and oxygen atoms in total. The van der Waals surface area contributed by atoms with Crippen LogP contribution in [0.25, 0.3) is 0 Å². The minimum Gasteiger partial charge on any atom is -0.353 e. The number of hydrogen-bond donors (Lipinski definition) is 2. The summed E-state index contributed by atoms with van der Waals surface area (Å²) < 4.78 is 0. The molecule has 4 aliphatic carbocycles. The predicted molar refractivity (Wildman–Crippen MR) is 104 cm³/mol. The van der Waals surface area contributed by atoms with Crippen molar-refractivity contribution in [2.24, 2.45) is 23.2 Å². The molecule has 2 unspecified atom stereocenters. The van der Waals surface area contributed by atoms with E-state index >= 15 is 0 Å². The molecule has 2 amide bonds. The maximum absolute atomic E-state index is 13.5. The van der Waals surface area contributed by atoms with E-state index in [0.717, 1.165) is 56.4 Å². The van der Waals surface area contributed by atoms with Crippen LogP contribution < -0.4 is 10.6 Å². The van der Waals surface area contributed by atoms with Crippen molar-refractivity contribution >= 4 is 24.2 Å². The summed E-state index contributed by atoms with van der Waals surface area (Å²) in [7, 11) is 1.90. The van der Waals surface area contributed by atoms with Gasteiger partial charge in [0.15, 0.2) is 0 Å². The van der Waals surface area contributed by atoms with Crippen molar-refractivity contribution in [3.8, 4) is 0 Å². The average Bonchev–Trinajstić information content (AvgIpc) is 3.07. The van der Waals surface area contributed by atoms with Gasteiger partial charge in [0.05, 0.1) is 5.41 Å². The third kappa shape index (κ3) is 3.49. The molecule has 1 saturated heterocycles. The van der Waals surface area contributed by atoms with Crippen molar-refractivity contribution in [2.75, 3.05) is 20.1 Å². The summed E-state index contributed by atoms with van der Waals surface area (Å²) in [5.41, 5.74) is -0.129. The molecule has 148 valence electrons. The molecule has 0 aromatic carbocycles. The first-order chi connectivity index (χ1) is 12.0. The van der Waals surface area contributed by atoms with Crippen LogP contribution >= 0.6 is 12.4 Å². The number of carbonyl (C=O) groups is 2. The fraction of sp³-hybridized carbons (Fsp3) is 0.900. The van der Waals surface area contributed by atoms with Crippen LogP contribution in [0.5, 0.6) is 0 Å². The summed E-state index contributed by atoms with van der Waals surface area (Å²) in [6.45, 7) is 3.43. The third-order valence-electron chi connectivity index (χ3n) is 7.38. The zero-order chi connectivity index (χ0) is 17.6. The monoisotopic (exact) mass is 383 g/mol. The minimum absolute atomic E-state index is 0. The van der Waals surface area contributed by atoms with Gasteiger partial charge in [-0.25, -0.2) is 0 Å². The number of amides is 2. The number of nitrogens with zero attached hydrogens (tertiary/aromatic N) is 1. The van der Waals surface area contributed by atoms with Crippen molar-refractivity contribution in [3.05, 3.63) is 0 Å². The third-order valence-corrected chi connectivity index (χ3v) is 7.38. The van der Waals surface area contributed by atoms with E-state index in [2.05, 4.69) is 10.6 Å². The fourth-order valence-electron chi connectivity index (χ4n) is 6.43. The number of carbonyl (C=O) groups excluding carboxylic acids is 2. The first-order valence-electron chi connectivity index (χ1n) is 10.3. The van der Waals surface area contributed by atoms with E-state index in [9.17, 15) is 9.59 Å². The van der Waals surface area contributed by atoms with Crippen LogP contribution in [0, 0.1) is 23.2 Å². The van der Waals surface area contributed by atoms with Crippen molar-refractivity contribution in [1.82, 2.24) is 15.5 Å². The molecule has 1 aliphatic heterocycles. The standard InChI is InChI=1S/C20H33N3O2.ClH/c1-13(21-2)12-22-18(24)17-4-3-5-23(17)19(25)20-9-14-6-15(10-20)8-16(7-14)11-20;/h13-17,21H,3-12H2,1-2H3,(H,22,24);1H. The Morgan fingerprint density at radius 1 is 1.12 bits per heavy atom. The molecule has 6 heteroatoms. The molecule has 0 spiro atoms. The van der Waals surface area contributed by atoms with Gasteiger partial charge in [-0.1, -0.05) is 0 Å². The number of likely N-dealkylation sites (tertiary alicyclic amines) is 1. The van der Waals surface area contributed by atoms with Gasteiger partial charge in [-0.15, -0.1) is 12.4 Å². The van der Waals surface area contributed by atoms with Crippen LogP contribution in [0.3, 0.4) is 0 Å². The van der Waals surface area contributed by atoms with Gasteiger partial charge in [0, 0.05) is 19.1 Å². The molecule has 5 aliphatic rings. The van der Waals surface area contributed by atoms with Crippen molar-refractivity contribution in [1.29, 1.82) is 0 Å². The van der Waals surface area contributed by atoms with E-state index in [0.29, 0.717) is 12.5 Å². The van der Waals surface area contributed by atoms with Crippen molar-refractivity contribution < 1.29 is 9.59 Å². The zero-order valence-electron chi connectivity index (χ0n) is 16.1. The van der Waals surface area contributed by atoms with E-state index < -0.39 is 0 Å². The van der Waals surface area contributed by atoms with Crippen LogP contribution in [0.4, 0.5) is 0 Å². The molecule has 0 aromatic heterocycles. The van der Waals surface area contributed by atoms with E-state index in [1.165, 1.54) is 19.3 Å². The highest BCUT2D eigenvalue weighted by molar-refractivity contribution is 5.91. The second-order valence-corrected chi connectivity index (χ2v) is 9.29. The van der Waals surface area contributed by atoms with Gasteiger partial charge in [0.25, 0.3) is 0 Å². The number of likely N-dealkylation sites (N-methyl/N-ethyl adjacent to an activating group) is 1. The highest BCUT2D eigenvalue weighted by atomic mass is 35.5. The Bertz CT molecular complexity index is 518. The molecular formula is C20H34ClN3O2. The Kier molecular flexibility index (Phi) is 5.88. The smallest absolute Gasteiger partial charge is 0.242 e. The van der Waals surface area contributed by atoms with Gasteiger partial charge in [-0.05, 0) is 83.1 Å². The topological polar surface area (TPSA) is 61.4 Å². The van der Waals surface area contributed by atoms with Crippen LogP contribution in [0.2, 0.25) is 0 Å². The molecule has 2 atom stereocenters. The molecule has 4 saturated carbocycles. The quantitative estimate of drug-likeness (QED) is 0.766. The average molecular weight is 384 g/mol.